The van der Waals surface area contributed by atoms with Crippen molar-refractivity contribution < 1.29 is 23.5 Å². The summed E-state index contributed by atoms with van der Waals surface area (Å²) in [5.41, 5.74) is 2.77. The van der Waals surface area contributed by atoms with Gasteiger partial charge in [-0.25, -0.2) is 0 Å². The molecule has 0 saturated carbocycles. The molecule has 0 bridgehead atoms. The molecule has 7 nitrogen and oxygen atoms in total. The Bertz CT molecular complexity index is 961. The van der Waals surface area contributed by atoms with E-state index in [0.29, 0.717) is 35.1 Å². The molecule has 28 heavy (non-hydrogen) atoms. The summed E-state index contributed by atoms with van der Waals surface area (Å²) in [4.78, 5) is 12.6. The highest BCUT2D eigenvalue weighted by Gasteiger charge is 2.12. The number of methoxy groups -OCH3 is 2. The van der Waals surface area contributed by atoms with Gasteiger partial charge in [0.05, 0.1) is 25.5 Å². The predicted octanol–water partition coefficient (Wildman–Crippen LogP) is 4.14. The molecule has 1 heterocycles. The Morgan fingerprint density at radius 2 is 1.86 bits per heavy atom. The van der Waals surface area contributed by atoms with Crippen molar-refractivity contribution in [2.75, 3.05) is 19.5 Å². The maximum absolute atomic E-state index is 12.6. The van der Waals surface area contributed by atoms with Gasteiger partial charge in [-0.2, -0.15) is 0 Å². The van der Waals surface area contributed by atoms with Gasteiger partial charge in [-0.3, -0.25) is 4.79 Å². The number of anilines is 1. The highest BCUT2D eigenvalue weighted by Crippen LogP contribution is 2.30. The second-order valence-corrected chi connectivity index (χ2v) is 6.14. The average Bonchev–Trinajstić information content (AvgIpc) is 3.04. The highest BCUT2D eigenvalue weighted by molar-refractivity contribution is 6.04. The van der Waals surface area contributed by atoms with Crippen LogP contribution < -0.4 is 19.5 Å². The Hall–Kier alpha value is -3.48. The zero-order valence-corrected chi connectivity index (χ0v) is 16.2. The van der Waals surface area contributed by atoms with Gasteiger partial charge in [0.25, 0.3) is 5.91 Å². The van der Waals surface area contributed by atoms with Crippen molar-refractivity contribution in [2.45, 2.75) is 20.5 Å². The van der Waals surface area contributed by atoms with E-state index in [0.717, 1.165) is 17.0 Å². The van der Waals surface area contributed by atoms with Crippen molar-refractivity contribution in [1.82, 2.24) is 5.16 Å². The Labute approximate surface area is 163 Å². The number of ether oxygens (including phenoxy) is 3. The maximum Gasteiger partial charge on any atom is 0.255 e. The second-order valence-electron chi connectivity index (χ2n) is 6.14. The van der Waals surface area contributed by atoms with Crippen molar-refractivity contribution in [3.63, 3.8) is 0 Å². The number of hydrogen-bond donors (Lipinski definition) is 1. The Morgan fingerprint density at radius 1 is 1.07 bits per heavy atom. The maximum atomic E-state index is 12.6. The predicted molar refractivity (Wildman–Crippen MR) is 104 cm³/mol. The first-order chi connectivity index (χ1) is 13.5. The molecule has 3 aromatic rings. The lowest BCUT2D eigenvalue weighted by Gasteiger charge is -2.11. The zero-order chi connectivity index (χ0) is 20.1. The number of carbonyl (C=O) groups is 1. The number of nitrogens with zero attached hydrogens (tertiary/aromatic N) is 1. The van der Waals surface area contributed by atoms with E-state index < -0.39 is 0 Å². The van der Waals surface area contributed by atoms with E-state index in [1.165, 1.54) is 0 Å². The van der Waals surface area contributed by atoms with Crippen LogP contribution in [-0.2, 0) is 6.61 Å². The van der Waals surface area contributed by atoms with Gasteiger partial charge in [0.2, 0.25) is 0 Å². The van der Waals surface area contributed by atoms with Crippen LogP contribution in [0.2, 0.25) is 0 Å². The number of rotatable bonds is 7. The van der Waals surface area contributed by atoms with Crippen LogP contribution in [0.4, 0.5) is 5.69 Å². The van der Waals surface area contributed by atoms with Crippen molar-refractivity contribution in [3.05, 3.63) is 65.0 Å². The number of amides is 1. The lowest BCUT2D eigenvalue weighted by molar-refractivity contribution is 0.102. The summed E-state index contributed by atoms with van der Waals surface area (Å²) < 4.78 is 21.4. The summed E-state index contributed by atoms with van der Waals surface area (Å²) in [6.45, 7) is 4.02. The summed E-state index contributed by atoms with van der Waals surface area (Å²) in [6, 6.07) is 12.2. The second kappa shape index (κ2) is 8.47. The molecule has 0 unspecified atom stereocenters. The van der Waals surface area contributed by atoms with Crippen LogP contribution in [0.15, 0.2) is 47.0 Å². The Balaban J connectivity index is 1.70. The molecule has 0 atom stereocenters. The molecule has 0 aliphatic heterocycles. The number of benzene rings is 2. The molecule has 1 aromatic heterocycles. The standard InChI is InChI=1S/C21H22N2O5/c1-13-18(14(2)28-23-13)12-27-17-7-5-6-15(10-17)21(24)22-16-8-9-19(25-3)20(11-16)26-4/h5-11H,12H2,1-4H3,(H,22,24). The first-order valence-corrected chi connectivity index (χ1v) is 8.69. The summed E-state index contributed by atoms with van der Waals surface area (Å²) in [5.74, 6) is 2.18. The van der Waals surface area contributed by atoms with E-state index in [1.807, 2.05) is 13.8 Å². The molecule has 7 heteroatoms. The molecule has 146 valence electrons. The molecule has 2 aromatic carbocycles. The third-order valence-corrected chi connectivity index (χ3v) is 4.30. The van der Waals surface area contributed by atoms with Crippen LogP contribution in [0.3, 0.4) is 0 Å². The minimum Gasteiger partial charge on any atom is -0.493 e. The van der Waals surface area contributed by atoms with E-state index in [1.54, 1.807) is 56.7 Å². The molecule has 0 aliphatic rings. The molecular formula is C21H22N2O5. The summed E-state index contributed by atoms with van der Waals surface area (Å²) in [5, 5.41) is 6.75. The smallest absolute Gasteiger partial charge is 0.255 e. The third-order valence-electron chi connectivity index (χ3n) is 4.30. The largest absolute Gasteiger partial charge is 0.493 e. The third kappa shape index (κ3) is 4.25. The van der Waals surface area contributed by atoms with Crippen LogP contribution >= 0.6 is 0 Å². The van der Waals surface area contributed by atoms with E-state index in [9.17, 15) is 4.79 Å². The van der Waals surface area contributed by atoms with E-state index in [4.69, 9.17) is 18.7 Å². The van der Waals surface area contributed by atoms with Crippen LogP contribution in [-0.4, -0.2) is 25.3 Å². The number of carbonyl (C=O) groups excluding carboxylic acids is 1. The zero-order valence-electron chi connectivity index (χ0n) is 16.2. The van der Waals surface area contributed by atoms with E-state index >= 15 is 0 Å². The molecule has 0 saturated heterocycles. The van der Waals surface area contributed by atoms with E-state index in [-0.39, 0.29) is 5.91 Å². The van der Waals surface area contributed by atoms with Crippen molar-refractivity contribution in [3.8, 4) is 17.2 Å². The molecule has 0 aliphatic carbocycles. The van der Waals surface area contributed by atoms with Gasteiger partial charge in [0.15, 0.2) is 11.5 Å². The van der Waals surface area contributed by atoms with Gasteiger partial charge in [0.1, 0.15) is 18.1 Å². The van der Waals surface area contributed by atoms with Gasteiger partial charge in [0, 0.05) is 17.3 Å². The van der Waals surface area contributed by atoms with Gasteiger partial charge < -0.3 is 24.1 Å². The lowest BCUT2D eigenvalue weighted by Crippen LogP contribution is -2.12. The summed E-state index contributed by atoms with van der Waals surface area (Å²) in [6.07, 6.45) is 0. The van der Waals surface area contributed by atoms with Crippen LogP contribution in [0.25, 0.3) is 0 Å². The monoisotopic (exact) mass is 382 g/mol. The van der Waals surface area contributed by atoms with Crippen molar-refractivity contribution in [2.24, 2.45) is 0 Å². The van der Waals surface area contributed by atoms with Gasteiger partial charge in [-0.1, -0.05) is 11.2 Å². The number of nitrogens with one attached hydrogen (secondary N) is 1. The normalized spacial score (nSPS) is 10.4. The fraction of sp³-hybridized carbons (Fsp3) is 0.238. The number of aromatic nitrogens is 1. The molecule has 1 N–H and O–H groups in total. The number of hydrogen-bond acceptors (Lipinski definition) is 6. The van der Waals surface area contributed by atoms with Crippen molar-refractivity contribution >= 4 is 11.6 Å². The quantitative estimate of drug-likeness (QED) is 0.661. The van der Waals surface area contributed by atoms with Gasteiger partial charge in [-0.15, -0.1) is 0 Å². The van der Waals surface area contributed by atoms with Crippen LogP contribution in [0, 0.1) is 13.8 Å². The fourth-order valence-corrected chi connectivity index (χ4v) is 2.71. The van der Waals surface area contributed by atoms with Gasteiger partial charge >= 0.3 is 0 Å². The molecule has 0 spiro atoms. The molecule has 0 radical (unpaired) electrons. The SMILES string of the molecule is COc1ccc(NC(=O)c2cccc(OCc3c(C)noc3C)c2)cc1OC. The summed E-state index contributed by atoms with van der Waals surface area (Å²) >= 11 is 0. The van der Waals surface area contributed by atoms with Crippen LogP contribution in [0.5, 0.6) is 17.2 Å². The minimum absolute atomic E-state index is 0.255. The first-order valence-electron chi connectivity index (χ1n) is 8.69. The fourth-order valence-electron chi connectivity index (χ4n) is 2.71. The van der Waals surface area contributed by atoms with Gasteiger partial charge in [-0.05, 0) is 44.2 Å². The average molecular weight is 382 g/mol. The lowest BCUT2D eigenvalue weighted by atomic mass is 10.2. The number of aryl methyl sites for hydroxylation is 2. The molecule has 3 rings (SSSR count). The highest BCUT2D eigenvalue weighted by atomic mass is 16.5. The minimum atomic E-state index is -0.255. The molecule has 1 amide bonds. The van der Waals surface area contributed by atoms with Crippen LogP contribution in [0.1, 0.15) is 27.4 Å². The van der Waals surface area contributed by atoms with Crippen molar-refractivity contribution in [1.29, 1.82) is 0 Å². The topological polar surface area (TPSA) is 82.8 Å². The first kappa shape index (κ1) is 19.3. The Morgan fingerprint density at radius 3 is 2.54 bits per heavy atom. The summed E-state index contributed by atoms with van der Waals surface area (Å²) in [7, 11) is 3.10. The molecule has 0 fully saturated rings. The molecular weight excluding hydrogens is 360 g/mol. The Kier molecular flexibility index (Phi) is 5.84. The van der Waals surface area contributed by atoms with E-state index in [2.05, 4.69) is 10.5 Å².